The summed E-state index contributed by atoms with van der Waals surface area (Å²) in [5.74, 6) is 1.08. The van der Waals surface area contributed by atoms with E-state index >= 15 is 0 Å². The first-order valence-corrected chi connectivity index (χ1v) is 6.65. The van der Waals surface area contributed by atoms with Gasteiger partial charge in [-0.05, 0) is 25.7 Å². The Balaban J connectivity index is 1.84. The number of aliphatic hydroxyl groups is 1. The lowest BCUT2D eigenvalue weighted by atomic mass is 10.00. The number of hydrogen-bond acceptors (Lipinski definition) is 6. The number of nitrogen functional groups attached to an aromatic ring is 1. The Morgan fingerprint density at radius 2 is 2.00 bits per heavy atom. The van der Waals surface area contributed by atoms with Gasteiger partial charge in [0.2, 0.25) is 5.95 Å². The summed E-state index contributed by atoms with van der Waals surface area (Å²) in [6, 6.07) is 0.684. The quantitative estimate of drug-likeness (QED) is 0.686. The van der Waals surface area contributed by atoms with Gasteiger partial charge in [0.25, 0.3) is 0 Å². The molecule has 2 aliphatic rings. The van der Waals surface area contributed by atoms with Crippen molar-refractivity contribution in [3.8, 4) is 0 Å². The van der Waals surface area contributed by atoms with Crippen LogP contribution in [0.3, 0.4) is 0 Å². The number of hydrogen-bond donors (Lipinski definition) is 3. The van der Waals surface area contributed by atoms with Gasteiger partial charge >= 0.3 is 0 Å². The average molecular weight is 260 g/mol. The average Bonchev–Trinajstić information content (AvgIpc) is 2.92. The predicted molar refractivity (Wildman–Crippen MR) is 70.6 cm³/mol. The topological polar surface area (TPSA) is 104 Å². The molecule has 0 spiro atoms. The normalized spacial score (nSPS) is 30.2. The van der Waals surface area contributed by atoms with Crippen LogP contribution < -0.4 is 10.6 Å². The maximum atomic E-state index is 9.88. The molecule has 19 heavy (non-hydrogen) atoms. The molecule has 7 heteroatoms. The molecule has 2 unspecified atom stereocenters. The lowest BCUT2D eigenvalue weighted by Gasteiger charge is -2.38. The first kappa shape index (κ1) is 11.0. The minimum absolute atomic E-state index is 0.190. The van der Waals surface area contributed by atoms with Gasteiger partial charge in [-0.1, -0.05) is 0 Å². The monoisotopic (exact) mass is 260 g/mol. The zero-order valence-corrected chi connectivity index (χ0v) is 10.5. The van der Waals surface area contributed by atoms with E-state index in [0.717, 1.165) is 37.0 Å². The van der Waals surface area contributed by atoms with Crippen LogP contribution in [-0.4, -0.2) is 43.2 Å². The Hall–Kier alpha value is -1.89. The molecule has 7 nitrogen and oxygen atoms in total. The molecular formula is C12H16N6O. The summed E-state index contributed by atoms with van der Waals surface area (Å²) in [6.07, 6.45) is 5.22. The van der Waals surface area contributed by atoms with Crippen molar-refractivity contribution in [2.75, 3.05) is 10.6 Å². The number of nitrogens with two attached hydrogens (primary N) is 1. The molecule has 0 aliphatic carbocycles. The highest BCUT2D eigenvalue weighted by atomic mass is 16.3. The van der Waals surface area contributed by atoms with Crippen molar-refractivity contribution in [1.29, 1.82) is 0 Å². The molecule has 0 radical (unpaired) electrons. The fourth-order valence-electron chi connectivity index (χ4n) is 3.52. The van der Waals surface area contributed by atoms with Gasteiger partial charge in [-0.2, -0.15) is 9.97 Å². The molecule has 4 N–H and O–H groups in total. The van der Waals surface area contributed by atoms with E-state index in [4.69, 9.17) is 5.73 Å². The van der Waals surface area contributed by atoms with Crippen molar-refractivity contribution in [1.82, 2.24) is 19.9 Å². The highest BCUT2D eigenvalue weighted by molar-refractivity contribution is 5.84. The Kier molecular flexibility index (Phi) is 2.20. The molecule has 100 valence electrons. The van der Waals surface area contributed by atoms with Gasteiger partial charge < -0.3 is 20.7 Å². The summed E-state index contributed by atoms with van der Waals surface area (Å²) >= 11 is 0. The Morgan fingerprint density at radius 3 is 2.74 bits per heavy atom. The maximum Gasteiger partial charge on any atom is 0.224 e. The summed E-state index contributed by atoms with van der Waals surface area (Å²) in [4.78, 5) is 18.1. The first-order valence-electron chi connectivity index (χ1n) is 6.65. The predicted octanol–water partition coefficient (Wildman–Crippen LogP) is 0.427. The molecular weight excluding hydrogens is 244 g/mol. The second-order valence-electron chi connectivity index (χ2n) is 5.42. The molecule has 4 rings (SSSR count). The third-order valence-corrected chi connectivity index (χ3v) is 4.24. The molecule has 0 saturated carbocycles. The number of aromatic amines is 1. The van der Waals surface area contributed by atoms with Gasteiger partial charge in [0.05, 0.1) is 12.4 Å². The van der Waals surface area contributed by atoms with Crippen LogP contribution in [0.15, 0.2) is 6.33 Å². The fraction of sp³-hybridized carbons (Fsp3) is 0.583. The van der Waals surface area contributed by atoms with Crippen molar-refractivity contribution in [2.24, 2.45) is 0 Å². The molecule has 2 bridgehead atoms. The number of imidazole rings is 1. The molecule has 4 heterocycles. The van der Waals surface area contributed by atoms with E-state index in [9.17, 15) is 5.11 Å². The second-order valence-corrected chi connectivity index (χ2v) is 5.42. The SMILES string of the molecule is Nc1nc(N2C3CCC2CC(O)C3)c2[nH]cnc2n1. The molecule has 2 fully saturated rings. The largest absolute Gasteiger partial charge is 0.393 e. The van der Waals surface area contributed by atoms with Gasteiger partial charge in [0, 0.05) is 12.1 Å². The van der Waals surface area contributed by atoms with Crippen LogP contribution in [0.4, 0.5) is 11.8 Å². The molecule has 2 aromatic rings. The van der Waals surface area contributed by atoms with E-state index in [2.05, 4.69) is 24.8 Å². The smallest absolute Gasteiger partial charge is 0.224 e. The van der Waals surface area contributed by atoms with E-state index in [1.807, 2.05) is 0 Å². The number of anilines is 2. The summed E-state index contributed by atoms with van der Waals surface area (Å²) in [5, 5.41) is 9.88. The van der Waals surface area contributed by atoms with Crippen LogP contribution in [0.2, 0.25) is 0 Å². The van der Waals surface area contributed by atoms with Crippen molar-refractivity contribution in [3.05, 3.63) is 6.33 Å². The zero-order chi connectivity index (χ0) is 13.0. The Labute approximate surface area is 109 Å². The van der Waals surface area contributed by atoms with E-state index in [1.54, 1.807) is 6.33 Å². The van der Waals surface area contributed by atoms with E-state index in [-0.39, 0.29) is 12.1 Å². The van der Waals surface area contributed by atoms with Crippen LogP contribution in [0.5, 0.6) is 0 Å². The van der Waals surface area contributed by atoms with Crippen LogP contribution in [-0.2, 0) is 0 Å². The molecule has 0 amide bonds. The van der Waals surface area contributed by atoms with Crippen molar-refractivity contribution >= 4 is 22.9 Å². The van der Waals surface area contributed by atoms with Gasteiger partial charge in [0.1, 0.15) is 5.52 Å². The first-order chi connectivity index (χ1) is 9.22. The molecule has 0 aromatic carbocycles. The number of fused-ring (bicyclic) bond motifs is 3. The van der Waals surface area contributed by atoms with E-state index in [1.165, 1.54) is 0 Å². The maximum absolute atomic E-state index is 9.88. The van der Waals surface area contributed by atoms with Crippen molar-refractivity contribution in [3.63, 3.8) is 0 Å². The minimum Gasteiger partial charge on any atom is -0.393 e. The van der Waals surface area contributed by atoms with Crippen LogP contribution in [0.25, 0.3) is 11.2 Å². The number of nitrogens with zero attached hydrogens (tertiary/aromatic N) is 4. The molecule has 2 atom stereocenters. The number of nitrogens with one attached hydrogen (secondary N) is 1. The molecule has 2 saturated heterocycles. The van der Waals surface area contributed by atoms with Crippen molar-refractivity contribution < 1.29 is 5.11 Å². The lowest BCUT2D eigenvalue weighted by molar-refractivity contribution is 0.126. The number of rotatable bonds is 1. The number of H-pyrrole nitrogens is 1. The standard InChI is InChI=1S/C12H16N6O/c13-12-16-10-9(14-5-15-10)11(17-12)18-6-1-2-7(18)4-8(19)3-6/h5-8,19H,1-4H2,(H3,13,14,15,16,17). The van der Waals surface area contributed by atoms with E-state index < -0.39 is 0 Å². The third kappa shape index (κ3) is 1.58. The van der Waals surface area contributed by atoms with Gasteiger partial charge in [-0.25, -0.2) is 4.98 Å². The Bertz CT molecular complexity index is 612. The van der Waals surface area contributed by atoms with Crippen LogP contribution in [0, 0.1) is 0 Å². The van der Waals surface area contributed by atoms with Crippen molar-refractivity contribution in [2.45, 2.75) is 43.9 Å². The third-order valence-electron chi connectivity index (χ3n) is 4.24. The Morgan fingerprint density at radius 1 is 1.26 bits per heavy atom. The number of aliphatic hydroxyl groups excluding tert-OH is 1. The van der Waals surface area contributed by atoms with Gasteiger partial charge in [-0.3, -0.25) is 0 Å². The summed E-state index contributed by atoms with van der Waals surface area (Å²) in [5.41, 5.74) is 7.22. The fourth-order valence-corrected chi connectivity index (χ4v) is 3.52. The lowest BCUT2D eigenvalue weighted by Crippen LogP contribution is -2.45. The zero-order valence-electron chi connectivity index (χ0n) is 10.5. The highest BCUT2D eigenvalue weighted by Crippen LogP contribution is 2.40. The van der Waals surface area contributed by atoms with E-state index in [0.29, 0.717) is 17.7 Å². The summed E-state index contributed by atoms with van der Waals surface area (Å²) < 4.78 is 0. The van der Waals surface area contributed by atoms with Crippen LogP contribution >= 0.6 is 0 Å². The van der Waals surface area contributed by atoms with Crippen LogP contribution in [0.1, 0.15) is 25.7 Å². The number of aromatic nitrogens is 4. The minimum atomic E-state index is -0.190. The highest BCUT2D eigenvalue weighted by Gasteiger charge is 2.41. The molecule has 2 aliphatic heterocycles. The summed E-state index contributed by atoms with van der Waals surface area (Å²) in [6.45, 7) is 0. The second kappa shape index (κ2) is 3.80. The van der Waals surface area contributed by atoms with Gasteiger partial charge in [-0.15, -0.1) is 0 Å². The molecule has 2 aromatic heterocycles. The number of piperidine rings is 1. The van der Waals surface area contributed by atoms with Gasteiger partial charge in [0.15, 0.2) is 11.5 Å². The summed E-state index contributed by atoms with van der Waals surface area (Å²) in [7, 11) is 0.